The molecule has 4 rings (SSSR count). The van der Waals surface area contributed by atoms with Crippen molar-refractivity contribution in [3.8, 4) is 0 Å². The number of urea groups is 1. The quantitative estimate of drug-likeness (QED) is 0.683. The van der Waals surface area contributed by atoms with Gasteiger partial charge in [-0.05, 0) is 38.8 Å². The molecular weight excluding hydrogens is 368 g/mol. The number of para-hydroxylation sites is 1. The summed E-state index contributed by atoms with van der Waals surface area (Å²) in [6, 6.07) is 9.47. The fourth-order valence-electron chi connectivity index (χ4n) is 4.19. The Labute approximate surface area is 170 Å². The van der Waals surface area contributed by atoms with Crippen LogP contribution in [0, 0.1) is 12.8 Å². The van der Waals surface area contributed by atoms with E-state index in [0.717, 1.165) is 47.4 Å². The van der Waals surface area contributed by atoms with E-state index in [1.165, 1.54) is 0 Å². The smallest absolute Gasteiger partial charge is 0.315 e. The third-order valence-electron chi connectivity index (χ3n) is 5.74. The summed E-state index contributed by atoms with van der Waals surface area (Å²) in [5.74, 6) is 1.00. The highest BCUT2D eigenvalue weighted by molar-refractivity contribution is 5.82. The summed E-state index contributed by atoms with van der Waals surface area (Å²) in [4.78, 5) is 12.5. The van der Waals surface area contributed by atoms with Crippen molar-refractivity contribution in [2.75, 3.05) is 13.2 Å². The van der Waals surface area contributed by atoms with E-state index in [2.05, 4.69) is 15.7 Å². The summed E-state index contributed by atoms with van der Waals surface area (Å²) < 4.78 is 13.8. The van der Waals surface area contributed by atoms with Gasteiger partial charge in [0.1, 0.15) is 17.4 Å². The van der Waals surface area contributed by atoms with Crippen LogP contribution in [0.15, 0.2) is 40.9 Å². The van der Waals surface area contributed by atoms with Crippen molar-refractivity contribution in [1.82, 2.24) is 20.4 Å². The predicted octanol–water partition coefficient (Wildman–Crippen LogP) is 4.00. The molecule has 0 radical (unpaired) electrons. The second-order valence-electron chi connectivity index (χ2n) is 7.74. The number of fused-ring (bicyclic) bond motifs is 1. The van der Waals surface area contributed by atoms with Gasteiger partial charge in [-0.3, -0.25) is 4.68 Å². The molecule has 0 spiro atoms. The zero-order chi connectivity index (χ0) is 20.4. The Morgan fingerprint density at radius 3 is 2.93 bits per heavy atom. The number of nitrogens with zero attached hydrogens (tertiary/aromatic N) is 2. The van der Waals surface area contributed by atoms with Crippen LogP contribution in [0.5, 0.6) is 0 Å². The van der Waals surface area contributed by atoms with E-state index in [0.29, 0.717) is 6.54 Å². The van der Waals surface area contributed by atoms with E-state index in [4.69, 9.17) is 9.15 Å². The number of rotatable bonds is 5. The normalized spacial score (nSPS) is 20.5. The number of ether oxygens (including phenoxy) is 1. The van der Waals surface area contributed by atoms with Crippen LogP contribution in [0.25, 0.3) is 11.0 Å². The van der Waals surface area contributed by atoms with Crippen LogP contribution in [-0.2, 0) is 11.8 Å². The summed E-state index contributed by atoms with van der Waals surface area (Å²) in [5.41, 5.74) is 2.95. The molecule has 7 heteroatoms. The molecule has 3 heterocycles. The summed E-state index contributed by atoms with van der Waals surface area (Å²) in [6.45, 7) is 5.25. The Balaban J connectivity index is 1.37. The molecule has 1 fully saturated rings. The molecule has 7 nitrogen and oxygen atoms in total. The predicted molar refractivity (Wildman–Crippen MR) is 111 cm³/mol. The Morgan fingerprint density at radius 1 is 1.34 bits per heavy atom. The van der Waals surface area contributed by atoms with Crippen LogP contribution in [0.4, 0.5) is 4.79 Å². The fraction of sp³-hybridized carbons (Fsp3) is 0.455. The molecule has 3 atom stereocenters. The van der Waals surface area contributed by atoms with E-state index in [9.17, 15) is 4.79 Å². The van der Waals surface area contributed by atoms with Crippen molar-refractivity contribution >= 4 is 17.0 Å². The van der Waals surface area contributed by atoms with Gasteiger partial charge in [0.15, 0.2) is 0 Å². The minimum Gasteiger partial charge on any atom is -0.459 e. The molecule has 1 aliphatic heterocycles. The summed E-state index contributed by atoms with van der Waals surface area (Å²) in [6.07, 6.45) is 3.74. The van der Waals surface area contributed by atoms with Crippen molar-refractivity contribution in [3.63, 3.8) is 0 Å². The van der Waals surface area contributed by atoms with Gasteiger partial charge in [-0.25, -0.2) is 4.79 Å². The number of carbonyl (C=O) groups is 1. The highest BCUT2D eigenvalue weighted by Gasteiger charge is 2.30. The monoisotopic (exact) mass is 396 g/mol. The molecule has 0 saturated carbocycles. The van der Waals surface area contributed by atoms with Gasteiger partial charge in [-0.2, -0.15) is 5.10 Å². The van der Waals surface area contributed by atoms with Gasteiger partial charge in [-0.1, -0.05) is 18.2 Å². The second kappa shape index (κ2) is 8.29. The van der Waals surface area contributed by atoms with Crippen LogP contribution in [0.1, 0.15) is 48.9 Å². The molecule has 3 aromatic rings. The molecule has 0 aliphatic carbocycles. The van der Waals surface area contributed by atoms with E-state index in [1.807, 2.05) is 55.9 Å². The Morgan fingerprint density at radius 2 is 2.17 bits per heavy atom. The Bertz CT molecular complexity index is 993. The zero-order valence-electron chi connectivity index (χ0n) is 17.1. The summed E-state index contributed by atoms with van der Waals surface area (Å²) in [5, 5.41) is 11.3. The second-order valence-corrected chi connectivity index (χ2v) is 7.74. The third-order valence-corrected chi connectivity index (χ3v) is 5.74. The first kappa shape index (κ1) is 19.5. The number of benzene rings is 1. The van der Waals surface area contributed by atoms with Crippen molar-refractivity contribution in [2.24, 2.45) is 13.0 Å². The summed E-state index contributed by atoms with van der Waals surface area (Å²) >= 11 is 0. The van der Waals surface area contributed by atoms with Gasteiger partial charge in [0.25, 0.3) is 0 Å². The maximum absolute atomic E-state index is 12.5. The molecule has 0 bridgehead atoms. The van der Waals surface area contributed by atoms with Gasteiger partial charge in [0, 0.05) is 43.3 Å². The van der Waals surface area contributed by atoms with E-state index >= 15 is 0 Å². The van der Waals surface area contributed by atoms with Crippen LogP contribution in [0.3, 0.4) is 0 Å². The molecule has 0 unspecified atom stereocenters. The van der Waals surface area contributed by atoms with E-state index in [-0.39, 0.29) is 24.1 Å². The number of amides is 2. The maximum Gasteiger partial charge on any atom is 0.315 e. The largest absolute Gasteiger partial charge is 0.459 e. The molecule has 1 aromatic carbocycles. The zero-order valence-corrected chi connectivity index (χ0v) is 17.1. The number of hydrogen-bond acceptors (Lipinski definition) is 4. The fourth-order valence-corrected chi connectivity index (χ4v) is 4.19. The lowest BCUT2D eigenvalue weighted by molar-refractivity contribution is -0.0314. The number of furan rings is 1. The molecule has 2 N–H and O–H groups in total. The number of aromatic nitrogens is 2. The lowest BCUT2D eigenvalue weighted by Gasteiger charge is -2.32. The van der Waals surface area contributed by atoms with Gasteiger partial charge in [-0.15, -0.1) is 0 Å². The minimum atomic E-state index is -0.224. The van der Waals surface area contributed by atoms with Crippen molar-refractivity contribution in [3.05, 3.63) is 53.5 Å². The van der Waals surface area contributed by atoms with Crippen LogP contribution in [0.2, 0.25) is 0 Å². The van der Waals surface area contributed by atoms with Crippen LogP contribution < -0.4 is 10.6 Å². The maximum atomic E-state index is 12.5. The number of aryl methyl sites for hydroxylation is 2. The Kier molecular flexibility index (Phi) is 5.58. The van der Waals surface area contributed by atoms with E-state index in [1.54, 1.807) is 6.20 Å². The molecular formula is C22H28N4O3. The van der Waals surface area contributed by atoms with Crippen LogP contribution >= 0.6 is 0 Å². The van der Waals surface area contributed by atoms with Crippen molar-refractivity contribution in [1.29, 1.82) is 0 Å². The number of carbonyl (C=O) groups excluding carboxylic acids is 1. The standard InChI is InChI=1S/C22H28N4O3/c1-14-17-8-4-5-9-19(17)29-20(14)15(2)25-22(27)23-13-16-7-6-12-28-21(16)18-10-11-24-26(18)3/h4-5,8-11,15-16,21H,6-7,12-13H2,1-3H3,(H2,23,25,27)/t15-,16+,21-/m1/s1. The number of hydrogen-bond donors (Lipinski definition) is 2. The first-order valence-electron chi connectivity index (χ1n) is 10.2. The van der Waals surface area contributed by atoms with Crippen molar-refractivity contribution in [2.45, 2.75) is 38.8 Å². The lowest BCUT2D eigenvalue weighted by atomic mass is 9.92. The third kappa shape index (κ3) is 4.00. The Hall–Kier alpha value is -2.80. The van der Waals surface area contributed by atoms with Gasteiger partial charge >= 0.3 is 6.03 Å². The first-order valence-corrected chi connectivity index (χ1v) is 10.2. The molecule has 2 amide bonds. The molecule has 2 aromatic heterocycles. The SMILES string of the molecule is Cc1c([C@@H](C)NC(=O)NC[C@@H]2CCCO[C@H]2c2ccnn2C)oc2ccccc12. The lowest BCUT2D eigenvalue weighted by Crippen LogP contribution is -2.41. The average molecular weight is 396 g/mol. The van der Waals surface area contributed by atoms with Crippen LogP contribution in [-0.4, -0.2) is 29.0 Å². The van der Waals surface area contributed by atoms with Gasteiger partial charge in [0.2, 0.25) is 0 Å². The topological polar surface area (TPSA) is 81.3 Å². The molecule has 1 aliphatic rings. The summed E-state index contributed by atoms with van der Waals surface area (Å²) in [7, 11) is 1.92. The van der Waals surface area contributed by atoms with Crippen molar-refractivity contribution < 1.29 is 13.9 Å². The minimum absolute atomic E-state index is 0.0495. The van der Waals surface area contributed by atoms with Gasteiger partial charge < -0.3 is 19.8 Å². The number of nitrogens with one attached hydrogen (secondary N) is 2. The van der Waals surface area contributed by atoms with E-state index < -0.39 is 0 Å². The average Bonchev–Trinajstić information content (AvgIpc) is 3.30. The molecule has 1 saturated heterocycles. The highest BCUT2D eigenvalue weighted by Crippen LogP contribution is 2.33. The first-order chi connectivity index (χ1) is 14.0. The molecule has 154 valence electrons. The van der Waals surface area contributed by atoms with Gasteiger partial charge in [0.05, 0.1) is 11.7 Å². The highest BCUT2D eigenvalue weighted by atomic mass is 16.5. The molecule has 29 heavy (non-hydrogen) atoms.